The third-order valence-electron chi connectivity index (χ3n) is 4.26. The second-order valence-electron chi connectivity index (χ2n) is 6.56. The first-order valence-electron chi connectivity index (χ1n) is 10.4. The molecule has 0 saturated carbocycles. The third-order valence-corrected chi connectivity index (χ3v) is 4.26. The van der Waals surface area contributed by atoms with Gasteiger partial charge in [0.25, 0.3) is 0 Å². The van der Waals surface area contributed by atoms with Gasteiger partial charge in [-0.3, -0.25) is 0 Å². The molecule has 154 valence electrons. The number of esters is 2. The molecule has 0 aliphatic carbocycles. The Kier molecular flexibility index (Phi) is 11.6. The minimum Gasteiger partial charge on any atom is -0.462 e. The fourth-order valence-corrected chi connectivity index (χ4v) is 2.74. The number of carbonyl (C=O) groups is 2. The van der Waals surface area contributed by atoms with Gasteiger partial charge < -0.3 is 9.47 Å². The van der Waals surface area contributed by atoms with Gasteiger partial charge >= 0.3 is 11.9 Å². The molecule has 0 aliphatic heterocycles. The lowest BCUT2D eigenvalue weighted by molar-refractivity contribution is 0.0479. The molecule has 0 radical (unpaired) electrons. The van der Waals surface area contributed by atoms with Crippen molar-refractivity contribution >= 4 is 24.1 Å². The van der Waals surface area contributed by atoms with Crippen molar-refractivity contribution < 1.29 is 19.1 Å². The normalized spacial score (nSPS) is 11.3. The van der Waals surface area contributed by atoms with Crippen LogP contribution in [0.5, 0.6) is 0 Å². The Morgan fingerprint density at radius 2 is 1.14 bits per heavy atom. The molecular weight excluding hydrogens is 352 g/mol. The second kappa shape index (κ2) is 13.8. The number of unbranched alkanes of at least 4 members (excludes halogenated alkanes) is 4. The molecule has 0 bridgehead atoms. The highest BCUT2D eigenvalue weighted by molar-refractivity contribution is 6.04. The molecule has 0 saturated heterocycles. The highest BCUT2D eigenvalue weighted by atomic mass is 16.5. The first-order chi connectivity index (χ1) is 13.6. The number of hydrogen-bond acceptors (Lipinski definition) is 4. The molecule has 0 heterocycles. The molecule has 0 N–H and O–H groups in total. The van der Waals surface area contributed by atoms with E-state index in [1.54, 1.807) is 26.0 Å². The highest BCUT2D eigenvalue weighted by Gasteiger charge is 2.21. The zero-order valence-electron chi connectivity index (χ0n) is 17.8. The molecule has 0 unspecified atom stereocenters. The fourth-order valence-electron chi connectivity index (χ4n) is 2.74. The molecule has 4 nitrogen and oxygen atoms in total. The summed E-state index contributed by atoms with van der Waals surface area (Å²) in [6.07, 6.45) is 14.7. The van der Waals surface area contributed by atoms with Gasteiger partial charge in [-0.25, -0.2) is 9.59 Å². The van der Waals surface area contributed by atoms with Gasteiger partial charge in [-0.05, 0) is 49.9 Å². The smallest absolute Gasteiger partial charge is 0.339 e. The third kappa shape index (κ3) is 7.71. The summed E-state index contributed by atoms with van der Waals surface area (Å²) in [6, 6.07) is 3.48. The van der Waals surface area contributed by atoms with Crippen molar-refractivity contribution in [3.63, 3.8) is 0 Å². The Balaban J connectivity index is 3.40. The molecule has 0 fully saturated rings. The van der Waals surface area contributed by atoms with Gasteiger partial charge in [0.15, 0.2) is 0 Å². The number of allylic oxidation sites excluding steroid dienone is 2. The van der Waals surface area contributed by atoms with Crippen molar-refractivity contribution in [2.75, 3.05) is 13.2 Å². The number of benzene rings is 1. The van der Waals surface area contributed by atoms with Crippen LogP contribution in [0.2, 0.25) is 0 Å². The van der Waals surface area contributed by atoms with E-state index in [0.717, 1.165) is 49.7 Å². The Labute approximate surface area is 169 Å². The quantitative estimate of drug-likeness (QED) is 0.306. The van der Waals surface area contributed by atoms with E-state index in [9.17, 15) is 9.59 Å². The summed E-state index contributed by atoms with van der Waals surface area (Å²) in [6.45, 7) is 8.31. The van der Waals surface area contributed by atoms with Gasteiger partial charge in [-0.1, -0.05) is 63.8 Å². The van der Waals surface area contributed by atoms with E-state index in [0.29, 0.717) is 0 Å². The van der Waals surface area contributed by atoms with Crippen LogP contribution in [-0.4, -0.2) is 25.2 Å². The largest absolute Gasteiger partial charge is 0.462 e. The number of carbonyl (C=O) groups excluding carboxylic acids is 2. The Hall–Kier alpha value is -2.36. The van der Waals surface area contributed by atoms with Crippen LogP contribution in [0.3, 0.4) is 0 Å². The number of rotatable bonds is 12. The van der Waals surface area contributed by atoms with Crippen LogP contribution in [-0.2, 0) is 9.47 Å². The summed E-state index contributed by atoms with van der Waals surface area (Å²) < 4.78 is 10.3. The van der Waals surface area contributed by atoms with E-state index in [1.165, 1.54) is 0 Å². The van der Waals surface area contributed by atoms with E-state index < -0.39 is 11.9 Å². The summed E-state index contributed by atoms with van der Waals surface area (Å²) in [5.41, 5.74) is 2.31. The van der Waals surface area contributed by atoms with Crippen LogP contribution >= 0.6 is 0 Å². The monoisotopic (exact) mass is 386 g/mol. The zero-order valence-corrected chi connectivity index (χ0v) is 17.8. The van der Waals surface area contributed by atoms with Crippen molar-refractivity contribution in [3.8, 4) is 0 Å². The van der Waals surface area contributed by atoms with Crippen LogP contribution in [0.4, 0.5) is 0 Å². The molecular formula is C24H34O4. The van der Waals surface area contributed by atoms with Crippen LogP contribution in [0.25, 0.3) is 12.2 Å². The second-order valence-corrected chi connectivity index (χ2v) is 6.56. The lowest BCUT2D eigenvalue weighted by Crippen LogP contribution is -2.15. The maximum absolute atomic E-state index is 12.4. The molecule has 0 aliphatic rings. The highest BCUT2D eigenvalue weighted by Crippen LogP contribution is 2.23. The van der Waals surface area contributed by atoms with Crippen molar-refractivity contribution in [1.29, 1.82) is 0 Å². The predicted octanol–water partition coefficient (Wildman–Crippen LogP) is 6.45. The van der Waals surface area contributed by atoms with Gasteiger partial charge in [0.1, 0.15) is 0 Å². The molecule has 0 aromatic heterocycles. The zero-order chi connectivity index (χ0) is 20.8. The lowest BCUT2D eigenvalue weighted by atomic mass is 9.96. The summed E-state index contributed by atoms with van der Waals surface area (Å²) in [4.78, 5) is 24.9. The van der Waals surface area contributed by atoms with Gasteiger partial charge in [0.2, 0.25) is 0 Å². The Bertz CT molecular complexity index is 627. The van der Waals surface area contributed by atoms with Crippen molar-refractivity contribution in [2.45, 2.75) is 66.2 Å². The van der Waals surface area contributed by atoms with E-state index in [2.05, 4.69) is 26.0 Å². The van der Waals surface area contributed by atoms with Gasteiger partial charge in [0, 0.05) is 0 Å². The molecule has 0 spiro atoms. The van der Waals surface area contributed by atoms with E-state index in [-0.39, 0.29) is 24.3 Å². The topological polar surface area (TPSA) is 52.6 Å². The predicted molar refractivity (Wildman–Crippen MR) is 115 cm³/mol. The van der Waals surface area contributed by atoms with Crippen molar-refractivity contribution in [2.24, 2.45) is 0 Å². The first-order valence-corrected chi connectivity index (χ1v) is 10.4. The summed E-state index contributed by atoms with van der Waals surface area (Å²) in [5.74, 6) is -1.01. The van der Waals surface area contributed by atoms with Crippen LogP contribution in [0.1, 0.15) is 98.1 Å². The fraction of sp³-hybridized carbons (Fsp3) is 0.500. The summed E-state index contributed by atoms with van der Waals surface area (Å²) in [7, 11) is 0. The minimum atomic E-state index is -0.504. The molecule has 0 amide bonds. The van der Waals surface area contributed by atoms with E-state index >= 15 is 0 Å². The SMILES string of the molecule is CCCCC=Cc1cc(C(=O)OCC)c(C(=O)OCC)cc1C=CCCCC. The van der Waals surface area contributed by atoms with Gasteiger partial charge in [-0.15, -0.1) is 0 Å². The van der Waals surface area contributed by atoms with Gasteiger partial charge in [0.05, 0.1) is 24.3 Å². The molecule has 4 heteroatoms. The molecule has 28 heavy (non-hydrogen) atoms. The lowest BCUT2D eigenvalue weighted by Gasteiger charge is -2.12. The first kappa shape index (κ1) is 23.7. The summed E-state index contributed by atoms with van der Waals surface area (Å²) in [5, 5.41) is 0. The molecule has 1 aromatic rings. The maximum atomic E-state index is 12.4. The molecule has 1 aromatic carbocycles. The molecule has 0 atom stereocenters. The van der Waals surface area contributed by atoms with Gasteiger partial charge in [-0.2, -0.15) is 0 Å². The maximum Gasteiger partial charge on any atom is 0.339 e. The summed E-state index contributed by atoms with van der Waals surface area (Å²) >= 11 is 0. The van der Waals surface area contributed by atoms with Crippen molar-refractivity contribution in [3.05, 3.63) is 46.5 Å². The van der Waals surface area contributed by atoms with Crippen molar-refractivity contribution in [1.82, 2.24) is 0 Å². The van der Waals surface area contributed by atoms with E-state index in [1.807, 2.05) is 12.2 Å². The van der Waals surface area contributed by atoms with Crippen LogP contribution < -0.4 is 0 Å². The average Bonchev–Trinajstić information content (AvgIpc) is 2.69. The molecule has 1 rings (SSSR count). The van der Waals surface area contributed by atoms with Crippen LogP contribution in [0, 0.1) is 0 Å². The standard InChI is InChI=1S/C24H34O4/c1-5-9-11-13-15-19-17-21(23(25)27-7-3)22(24(26)28-8-4)18-20(19)16-14-12-10-6-2/h13-18H,5-12H2,1-4H3. The van der Waals surface area contributed by atoms with Crippen LogP contribution in [0.15, 0.2) is 24.3 Å². The Morgan fingerprint density at radius 1 is 0.750 bits per heavy atom. The minimum absolute atomic E-state index is 0.251. The number of ether oxygens (including phenoxy) is 2. The van der Waals surface area contributed by atoms with E-state index in [4.69, 9.17) is 9.47 Å². The Morgan fingerprint density at radius 3 is 1.46 bits per heavy atom. The number of hydrogen-bond donors (Lipinski definition) is 0. The average molecular weight is 387 g/mol.